The van der Waals surface area contributed by atoms with Crippen LogP contribution in [0.1, 0.15) is 56.2 Å². The summed E-state index contributed by atoms with van der Waals surface area (Å²) in [6, 6.07) is 6.52. The maximum Gasteiger partial charge on any atom is 0.231 e. The van der Waals surface area contributed by atoms with E-state index in [2.05, 4.69) is 66.3 Å². The van der Waals surface area contributed by atoms with Gasteiger partial charge in [-0.25, -0.2) is 4.99 Å². The Morgan fingerprint density at radius 3 is 2.64 bits per heavy atom. The lowest BCUT2D eigenvalue weighted by Gasteiger charge is -2.39. The predicted octanol–water partition coefficient (Wildman–Crippen LogP) is 2.20. The van der Waals surface area contributed by atoms with Gasteiger partial charge in [0, 0.05) is 25.1 Å². The number of hydrogen-bond acceptors (Lipinski definition) is 9. The zero-order valence-electron chi connectivity index (χ0n) is 25.3. The van der Waals surface area contributed by atoms with Gasteiger partial charge in [0.05, 0.1) is 13.2 Å². The van der Waals surface area contributed by atoms with E-state index in [9.17, 15) is 20.4 Å². The van der Waals surface area contributed by atoms with Crippen molar-refractivity contribution >= 4 is 12.0 Å². The Labute approximate surface area is 249 Å². The number of aliphatic hydroxyl groups excluding tert-OH is 4. The number of nitrogens with one attached hydrogen (secondary N) is 1. The Bertz CT molecular complexity index is 1170. The van der Waals surface area contributed by atoms with E-state index < -0.39 is 37.3 Å². The summed E-state index contributed by atoms with van der Waals surface area (Å²) >= 11 is 0. The van der Waals surface area contributed by atoms with Crippen molar-refractivity contribution in [3.63, 3.8) is 0 Å². The van der Waals surface area contributed by atoms with Gasteiger partial charge in [-0.15, -0.1) is 0 Å². The Kier molecular flexibility index (Phi) is 10.2. The number of hydrogen-bond donors (Lipinski definition) is 5. The molecule has 0 bridgehead atoms. The van der Waals surface area contributed by atoms with Crippen LogP contribution in [0.25, 0.3) is 6.08 Å². The number of piperidine rings is 1. The second-order valence-corrected chi connectivity index (χ2v) is 12.9. The van der Waals surface area contributed by atoms with Crippen LogP contribution in [0.4, 0.5) is 0 Å². The van der Waals surface area contributed by atoms with E-state index in [1.807, 2.05) is 0 Å². The van der Waals surface area contributed by atoms with Crippen LogP contribution in [0, 0.1) is 18.3 Å². The SMILES string of the molecule is Cc1cc(/C=C/CCN2CCC3(CCNCC3)C2)ccc1CC1=C(C(C)C)CN=C1O[C@@H]1O[C@H](CO)[C@@H](O)[C@H](O)[C@H]1O. The van der Waals surface area contributed by atoms with E-state index in [4.69, 9.17) is 9.47 Å². The summed E-state index contributed by atoms with van der Waals surface area (Å²) in [7, 11) is 0. The summed E-state index contributed by atoms with van der Waals surface area (Å²) in [5.41, 5.74) is 6.19. The van der Waals surface area contributed by atoms with Crippen LogP contribution in [0.3, 0.4) is 0 Å². The molecule has 0 aliphatic carbocycles. The third-order valence-electron chi connectivity index (χ3n) is 9.65. The van der Waals surface area contributed by atoms with Crippen LogP contribution < -0.4 is 5.32 Å². The molecular weight excluding hydrogens is 534 g/mol. The molecule has 5 rings (SSSR count). The molecule has 4 heterocycles. The minimum absolute atomic E-state index is 0.252. The van der Waals surface area contributed by atoms with Gasteiger partial charge < -0.3 is 40.1 Å². The van der Waals surface area contributed by atoms with Crippen molar-refractivity contribution in [2.24, 2.45) is 16.3 Å². The molecule has 1 aromatic carbocycles. The van der Waals surface area contributed by atoms with Crippen LogP contribution in [0.2, 0.25) is 0 Å². The average Bonchev–Trinajstić information content (AvgIpc) is 3.56. The highest BCUT2D eigenvalue weighted by atomic mass is 16.7. The van der Waals surface area contributed by atoms with E-state index in [1.165, 1.54) is 56.6 Å². The van der Waals surface area contributed by atoms with Crippen molar-refractivity contribution in [1.29, 1.82) is 0 Å². The number of aliphatic hydroxyl groups is 4. The monoisotopic (exact) mass is 583 g/mol. The summed E-state index contributed by atoms with van der Waals surface area (Å²) in [6.07, 6.45) is 3.46. The zero-order valence-corrected chi connectivity index (χ0v) is 25.3. The van der Waals surface area contributed by atoms with Crippen LogP contribution in [0.5, 0.6) is 0 Å². The molecular formula is C33H49N3O6. The van der Waals surface area contributed by atoms with Crippen molar-refractivity contribution in [3.05, 3.63) is 52.1 Å². The van der Waals surface area contributed by atoms with E-state index in [1.54, 1.807) is 0 Å². The minimum Gasteiger partial charge on any atom is -0.445 e. The topological polar surface area (TPSA) is 127 Å². The van der Waals surface area contributed by atoms with Gasteiger partial charge in [-0.1, -0.05) is 44.2 Å². The first kappa shape index (κ1) is 31.3. The first-order valence-corrected chi connectivity index (χ1v) is 15.6. The molecule has 0 radical (unpaired) electrons. The Hall–Kier alpha value is -2.11. The number of likely N-dealkylation sites (tertiary alicyclic amines) is 1. The van der Waals surface area contributed by atoms with E-state index in [0.717, 1.165) is 29.7 Å². The Morgan fingerprint density at radius 2 is 1.93 bits per heavy atom. The average molecular weight is 584 g/mol. The third-order valence-corrected chi connectivity index (χ3v) is 9.65. The van der Waals surface area contributed by atoms with E-state index in [-0.39, 0.29) is 5.92 Å². The summed E-state index contributed by atoms with van der Waals surface area (Å²) in [6.45, 7) is 12.3. The summed E-state index contributed by atoms with van der Waals surface area (Å²) in [5.74, 6) is 0.627. The summed E-state index contributed by atoms with van der Waals surface area (Å²) in [4.78, 5) is 7.24. The standard InChI is InChI=1S/C33H49N3O6/c1-21(2)26-18-35-31(42-32-30(40)29(39)28(38)27(19-37)41-32)25(26)17-24-8-7-23(16-22(24)3)6-4-5-14-36-15-11-33(20-36)9-12-34-13-10-33/h4,6-8,16,21,27-30,32,34,37-40H,5,9-15,17-20H2,1-3H3/b6-4+/t27-,28-,29+,30-,32+/m1/s1. The Balaban J connectivity index is 1.19. The van der Waals surface area contributed by atoms with Gasteiger partial charge in [-0.05, 0) is 85.8 Å². The molecule has 232 valence electrons. The van der Waals surface area contributed by atoms with Gasteiger partial charge in [0.2, 0.25) is 12.2 Å². The van der Waals surface area contributed by atoms with Gasteiger partial charge in [-0.2, -0.15) is 0 Å². The number of aryl methyl sites for hydroxylation is 1. The largest absolute Gasteiger partial charge is 0.445 e. The maximum absolute atomic E-state index is 10.5. The van der Waals surface area contributed by atoms with Crippen molar-refractivity contribution in [3.8, 4) is 0 Å². The second kappa shape index (κ2) is 13.7. The molecule has 1 spiro atoms. The fourth-order valence-corrected chi connectivity index (χ4v) is 6.86. The normalized spacial score (nSPS) is 30.2. The highest BCUT2D eigenvalue weighted by molar-refractivity contribution is 5.97. The highest BCUT2D eigenvalue weighted by Gasteiger charge is 2.45. The molecule has 5 N–H and O–H groups in total. The van der Waals surface area contributed by atoms with Gasteiger partial charge in [0.1, 0.15) is 24.4 Å². The second-order valence-electron chi connectivity index (χ2n) is 12.9. The number of ether oxygens (including phenoxy) is 2. The molecule has 4 aliphatic rings. The lowest BCUT2D eigenvalue weighted by Crippen LogP contribution is -2.59. The van der Waals surface area contributed by atoms with Crippen LogP contribution >= 0.6 is 0 Å². The molecule has 42 heavy (non-hydrogen) atoms. The first-order valence-electron chi connectivity index (χ1n) is 15.6. The van der Waals surface area contributed by atoms with E-state index in [0.29, 0.717) is 24.3 Å². The molecule has 1 aromatic rings. The lowest BCUT2D eigenvalue weighted by molar-refractivity contribution is -0.281. The van der Waals surface area contributed by atoms with Crippen LogP contribution in [-0.4, -0.2) is 108 Å². The van der Waals surface area contributed by atoms with Crippen LogP contribution in [0.15, 0.2) is 40.4 Å². The molecule has 9 nitrogen and oxygen atoms in total. The Morgan fingerprint density at radius 1 is 1.14 bits per heavy atom. The predicted molar refractivity (Wildman–Crippen MR) is 163 cm³/mol. The summed E-state index contributed by atoms with van der Waals surface area (Å²) < 4.78 is 11.6. The quantitative estimate of drug-likeness (QED) is 0.300. The summed E-state index contributed by atoms with van der Waals surface area (Å²) in [5, 5.41) is 43.9. The number of nitrogens with zero attached hydrogens (tertiary/aromatic N) is 2. The van der Waals surface area contributed by atoms with Crippen molar-refractivity contribution in [1.82, 2.24) is 10.2 Å². The molecule has 0 saturated carbocycles. The molecule has 5 atom stereocenters. The van der Waals surface area contributed by atoms with Crippen molar-refractivity contribution in [2.75, 3.05) is 45.9 Å². The minimum atomic E-state index is -1.50. The third kappa shape index (κ3) is 6.99. The number of benzene rings is 1. The van der Waals surface area contributed by atoms with Crippen molar-refractivity contribution < 1.29 is 29.9 Å². The first-order chi connectivity index (χ1) is 20.2. The van der Waals surface area contributed by atoms with Gasteiger partial charge >= 0.3 is 0 Å². The highest BCUT2D eigenvalue weighted by Crippen LogP contribution is 2.38. The molecule has 0 amide bonds. The molecule has 3 fully saturated rings. The molecule has 0 unspecified atom stereocenters. The van der Waals surface area contributed by atoms with Gasteiger partial charge in [0.25, 0.3) is 0 Å². The fourth-order valence-electron chi connectivity index (χ4n) is 6.86. The number of rotatable bonds is 9. The van der Waals surface area contributed by atoms with Gasteiger partial charge in [0.15, 0.2) is 0 Å². The lowest BCUT2D eigenvalue weighted by atomic mass is 9.78. The molecule has 3 saturated heterocycles. The maximum atomic E-state index is 10.5. The molecule has 0 aromatic heterocycles. The molecule has 4 aliphatic heterocycles. The van der Waals surface area contributed by atoms with Crippen LogP contribution in [-0.2, 0) is 15.9 Å². The van der Waals surface area contributed by atoms with Crippen molar-refractivity contribution in [2.45, 2.75) is 83.6 Å². The van der Waals surface area contributed by atoms with E-state index >= 15 is 0 Å². The smallest absolute Gasteiger partial charge is 0.231 e. The van der Waals surface area contributed by atoms with Gasteiger partial charge in [-0.3, -0.25) is 0 Å². The fraction of sp³-hybridized carbons (Fsp3) is 0.667. The molecule has 9 heteroatoms. The zero-order chi connectivity index (χ0) is 29.9. The number of aliphatic imine (C=N–C) groups is 1.